The van der Waals surface area contributed by atoms with Gasteiger partial charge in [-0.05, 0) is 31.7 Å². The Hall–Kier alpha value is -1.58. The van der Waals surface area contributed by atoms with Crippen LogP contribution in [0.15, 0.2) is 12.1 Å². The number of nitrogens with zero attached hydrogens (tertiary/aromatic N) is 1. The van der Waals surface area contributed by atoms with Crippen molar-refractivity contribution in [2.45, 2.75) is 51.2 Å². The zero-order valence-electron chi connectivity index (χ0n) is 13.5. The highest BCUT2D eigenvalue weighted by molar-refractivity contribution is 14.1. The molecule has 0 heterocycles. The van der Waals surface area contributed by atoms with Gasteiger partial charge in [0.05, 0.1) is 52.4 Å². The predicted octanol–water partition coefficient (Wildman–Crippen LogP) is 4.78. The van der Waals surface area contributed by atoms with Gasteiger partial charge in [-0.2, -0.15) is 0 Å². The molecule has 2 rings (SSSR count). The maximum atomic E-state index is 11.3. The minimum atomic E-state index is -0.528. The monoisotopic (exact) mass is 449 g/mol. The van der Waals surface area contributed by atoms with Gasteiger partial charge in [-0.25, -0.2) is 4.79 Å². The van der Waals surface area contributed by atoms with Crippen molar-refractivity contribution in [2.24, 2.45) is 0 Å². The van der Waals surface area contributed by atoms with Crippen molar-refractivity contribution in [3.8, 4) is 11.5 Å². The number of methoxy groups -OCH3 is 1. The van der Waals surface area contributed by atoms with Crippen molar-refractivity contribution < 1.29 is 23.9 Å². The Morgan fingerprint density at radius 3 is 2.46 bits per heavy atom. The van der Waals surface area contributed by atoms with E-state index in [0.717, 1.165) is 25.7 Å². The van der Waals surface area contributed by atoms with Crippen LogP contribution in [-0.4, -0.2) is 22.1 Å². The summed E-state index contributed by atoms with van der Waals surface area (Å²) in [6.45, 7) is -0.182. The Bertz CT molecular complexity index is 598. The van der Waals surface area contributed by atoms with Crippen molar-refractivity contribution >= 4 is 32.3 Å². The Labute approximate surface area is 153 Å². The number of benzene rings is 1. The summed E-state index contributed by atoms with van der Waals surface area (Å²) in [5, 5.41) is 11.3. The highest BCUT2D eigenvalue weighted by Gasteiger charge is 2.23. The zero-order valence-corrected chi connectivity index (χ0v) is 15.6. The topological polar surface area (TPSA) is 87.9 Å². The number of carbonyl (C=O) groups excluding carboxylic acids is 1. The SMILES string of the molecule is COc1cc(COC(=O)I)c([N+](=O)[O-])cc1OC1CCCCCC1. The molecule has 1 aromatic carbocycles. The van der Waals surface area contributed by atoms with Crippen LogP contribution in [0.2, 0.25) is 0 Å². The minimum Gasteiger partial charge on any atom is -0.493 e. The summed E-state index contributed by atoms with van der Waals surface area (Å²) < 4.78 is 15.6. The molecule has 7 nitrogen and oxygen atoms in total. The van der Waals surface area contributed by atoms with E-state index in [2.05, 4.69) is 0 Å². The number of halogens is 1. The number of nitro groups is 1. The van der Waals surface area contributed by atoms with Crippen molar-refractivity contribution in [1.29, 1.82) is 0 Å². The van der Waals surface area contributed by atoms with E-state index in [-0.39, 0.29) is 24.0 Å². The molecular formula is C16H20INO6. The van der Waals surface area contributed by atoms with E-state index in [9.17, 15) is 14.9 Å². The first-order chi connectivity index (χ1) is 11.5. The molecule has 8 heteroatoms. The highest BCUT2D eigenvalue weighted by atomic mass is 127. The number of hydrogen-bond donors (Lipinski definition) is 0. The van der Waals surface area contributed by atoms with Gasteiger partial charge in [0.25, 0.3) is 5.69 Å². The molecule has 24 heavy (non-hydrogen) atoms. The predicted molar refractivity (Wildman–Crippen MR) is 96.0 cm³/mol. The number of hydrogen-bond acceptors (Lipinski definition) is 6. The molecule has 0 aliphatic heterocycles. The van der Waals surface area contributed by atoms with Crippen LogP contribution in [0.1, 0.15) is 44.1 Å². The van der Waals surface area contributed by atoms with E-state index in [1.165, 1.54) is 54.7 Å². The smallest absolute Gasteiger partial charge is 0.367 e. The maximum Gasteiger partial charge on any atom is 0.367 e. The Morgan fingerprint density at radius 2 is 1.92 bits per heavy atom. The van der Waals surface area contributed by atoms with Gasteiger partial charge in [-0.1, -0.05) is 12.8 Å². The molecule has 132 valence electrons. The van der Waals surface area contributed by atoms with E-state index in [4.69, 9.17) is 14.2 Å². The fraction of sp³-hybridized carbons (Fsp3) is 0.562. The lowest BCUT2D eigenvalue weighted by molar-refractivity contribution is -0.385. The molecule has 0 amide bonds. The molecule has 1 fully saturated rings. The van der Waals surface area contributed by atoms with Crippen LogP contribution < -0.4 is 9.47 Å². The lowest BCUT2D eigenvalue weighted by Crippen LogP contribution is -2.16. The van der Waals surface area contributed by atoms with Crippen molar-refractivity contribution in [2.75, 3.05) is 7.11 Å². The number of nitro benzene ring substituents is 1. The molecule has 0 atom stereocenters. The largest absolute Gasteiger partial charge is 0.493 e. The Balaban J connectivity index is 2.27. The normalized spacial score (nSPS) is 15.4. The Morgan fingerprint density at radius 1 is 1.25 bits per heavy atom. The summed E-state index contributed by atoms with van der Waals surface area (Å²) in [7, 11) is 1.48. The summed E-state index contributed by atoms with van der Waals surface area (Å²) in [5.41, 5.74) is 0.132. The fourth-order valence-electron chi connectivity index (χ4n) is 2.80. The first-order valence-electron chi connectivity index (χ1n) is 7.85. The molecule has 0 N–H and O–H groups in total. The Kier molecular flexibility index (Phi) is 7.07. The minimum absolute atomic E-state index is 0.0408. The van der Waals surface area contributed by atoms with Crippen LogP contribution in [0.4, 0.5) is 10.5 Å². The second-order valence-electron chi connectivity index (χ2n) is 5.65. The molecule has 0 bridgehead atoms. The summed E-state index contributed by atoms with van der Waals surface area (Å²) in [5.74, 6) is 0.769. The molecule has 0 saturated heterocycles. The number of rotatable bonds is 6. The van der Waals surface area contributed by atoms with Crippen LogP contribution in [0.3, 0.4) is 0 Å². The second kappa shape index (κ2) is 9.05. The second-order valence-corrected chi connectivity index (χ2v) is 6.53. The van der Waals surface area contributed by atoms with E-state index in [1.54, 1.807) is 0 Å². The maximum absolute atomic E-state index is 11.3. The van der Waals surface area contributed by atoms with Crippen molar-refractivity contribution in [3.63, 3.8) is 0 Å². The lowest BCUT2D eigenvalue weighted by Gasteiger charge is -2.19. The summed E-state index contributed by atoms with van der Waals surface area (Å²) in [6.07, 6.45) is 6.49. The van der Waals surface area contributed by atoms with Gasteiger partial charge in [-0.3, -0.25) is 10.1 Å². The average molecular weight is 449 g/mol. The number of ether oxygens (including phenoxy) is 3. The van der Waals surface area contributed by atoms with E-state index >= 15 is 0 Å². The first-order valence-corrected chi connectivity index (χ1v) is 8.93. The van der Waals surface area contributed by atoms with Gasteiger partial charge < -0.3 is 14.2 Å². The third-order valence-corrected chi connectivity index (χ3v) is 4.31. The van der Waals surface area contributed by atoms with Gasteiger partial charge in [0.1, 0.15) is 6.61 Å². The number of carbonyl (C=O) groups is 1. The molecule has 0 unspecified atom stereocenters. The summed E-state index contributed by atoms with van der Waals surface area (Å²) >= 11 is 1.48. The van der Waals surface area contributed by atoms with Gasteiger partial charge in [0.15, 0.2) is 11.5 Å². The van der Waals surface area contributed by atoms with Crippen molar-refractivity contribution in [1.82, 2.24) is 0 Å². The van der Waals surface area contributed by atoms with E-state index < -0.39 is 8.90 Å². The van der Waals surface area contributed by atoms with Gasteiger partial charge in [0, 0.05) is 0 Å². The van der Waals surface area contributed by atoms with Crippen LogP contribution in [0.5, 0.6) is 11.5 Å². The third kappa shape index (κ3) is 5.22. The van der Waals surface area contributed by atoms with Gasteiger partial charge >= 0.3 is 3.98 Å². The molecule has 1 aliphatic carbocycles. The van der Waals surface area contributed by atoms with Crippen LogP contribution in [0, 0.1) is 10.1 Å². The summed E-state index contributed by atoms with van der Waals surface area (Å²) in [6, 6.07) is 2.86. The lowest BCUT2D eigenvalue weighted by atomic mass is 10.1. The molecule has 1 saturated carbocycles. The third-order valence-electron chi connectivity index (χ3n) is 4.00. The summed E-state index contributed by atoms with van der Waals surface area (Å²) in [4.78, 5) is 21.8. The van der Waals surface area contributed by atoms with Gasteiger partial charge in [-0.15, -0.1) is 0 Å². The first kappa shape index (κ1) is 18.8. The standard InChI is InChI=1S/C16H20INO6/c1-22-14-8-11(10-23-16(17)19)13(18(20)21)9-15(14)24-12-6-4-2-3-5-7-12/h8-9,12H,2-7,10H2,1H3. The zero-order chi connectivity index (χ0) is 17.5. The van der Waals surface area contributed by atoms with Crippen molar-refractivity contribution in [3.05, 3.63) is 27.8 Å². The average Bonchev–Trinajstić information content (AvgIpc) is 2.81. The molecule has 0 radical (unpaired) electrons. The molecule has 1 aliphatic rings. The van der Waals surface area contributed by atoms with E-state index in [0.29, 0.717) is 11.5 Å². The van der Waals surface area contributed by atoms with Crippen LogP contribution >= 0.6 is 22.6 Å². The quantitative estimate of drug-likeness (QED) is 0.204. The van der Waals surface area contributed by atoms with Crippen LogP contribution in [0.25, 0.3) is 0 Å². The molecule has 0 spiro atoms. The van der Waals surface area contributed by atoms with Crippen LogP contribution in [-0.2, 0) is 11.3 Å². The highest BCUT2D eigenvalue weighted by Crippen LogP contribution is 2.37. The van der Waals surface area contributed by atoms with E-state index in [1.807, 2.05) is 0 Å². The molecule has 0 aromatic heterocycles. The fourth-order valence-corrected chi connectivity index (χ4v) is 2.96. The molecule has 1 aromatic rings. The van der Waals surface area contributed by atoms with Gasteiger partial charge in [0.2, 0.25) is 0 Å². The molecular weight excluding hydrogens is 429 g/mol.